The van der Waals surface area contributed by atoms with Crippen LogP contribution in [0.4, 0.5) is 0 Å². The van der Waals surface area contributed by atoms with E-state index in [9.17, 15) is 9.59 Å². The van der Waals surface area contributed by atoms with Gasteiger partial charge in [-0.2, -0.15) is 0 Å². The molecule has 1 heterocycles. The van der Waals surface area contributed by atoms with Crippen LogP contribution < -0.4 is 4.74 Å². The Morgan fingerprint density at radius 1 is 1.11 bits per heavy atom. The lowest BCUT2D eigenvalue weighted by atomic mass is 10.00. The molecule has 0 N–H and O–H groups in total. The van der Waals surface area contributed by atoms with Gasteiger partial charge in [0.25, 0.3) is 5.91 Å². The van der Waals surface area contributed by atoms with Crippen LogP contribution in [-0.4, -0.2) is 43.6 Å². The molecule has 0 radical (unpaired) electrons. The summed E-state index contributed by atoms with van der Waals surface area (Å²) in [7, 11) is 1.58. The molecule has 0 unspecified atom stereocenters. The van der Waals surface area contributed by atoms with Crippen LogP contribution in [0, 0.1) is 0 Å². The number of amides is 1. The molecule has 0 aliphatic carbocycles. The quantitative estimate of drug-likeness (QED) is 0.570. The third-order valence-electron chi connectivity index (χ3n) is 4.55. The van der Waals surface area contributed by atoms with E-state index >= 15 is 0 Å². The Labute approximate surface area is 164 Å². The highest BCUT2D eigenvalue weighted by Crippen LogP contribution is 2.22. The van der Waals surface area contributed by atoms with Crippen LogP contribution in [0.3, 0.4) is 0 Å². The lowest BCUT2D eigenvalue weighted by Crippen LogP contribution is -2.37. The van der Waals surface area contributed by atoms with Crippen molar-refractivity contribution in [3.8, 4) is 5.75 Å². The van der Waals surface area contributed by atoms with Crippen molar-refractivity contribution < 1.29 is 19.1 Å². The van der Waals surface area contributed by atoms with E-state index in [0.29, 0.717) is 18.8 Å². The van der Waals surface area contributed by atoms with E-state index in [4.69, 9.17) is 9.47 Å². The maximum Gasteiger partial charge on any atom is 0.331 e. The number of carbonyl (C=O) groups excluding carboxylic acids is 2. The number of rotatable bonds is 6. The Morgan fingerprint density at radius 3 is 2.64 bits per heavy atom. The highest BCUT2D eigenvalue weighted by Gasteiger charge is 2.18. The maximum absolute atomic E-state index is 12.3. The smallest absolute Gasteiger partial charge is 0.331 e. The zero-order chi connectivity index (χ0) is 19.8. The van der Waals surface area contributed by atoms with Crippen molar-refractivity contribution in [2.75, 3.05) is 26.8 Å². The highest BCUT2D eigenvalue weighted by atomic mass is 16.5. The van der Waals surface area contributed by atoms with Gasteiger partial charge in [0.05, 0.1) is 7.11 Å². The van der Waals surface area contributed by atoms with Gasteiger partial charge < -0.3 is 14.4 Å². The normalized spacial score (nSPS) is 13.9. The van der Waals surface area contributed by atoms with Gasteiger partial charge in [-0.3, -0.25) is 4.79 Å². The number of nitrogens with zero attached hydrogens (tertiary/aromatic N) is 1. The summed E-state index contributed by atoms with van der Waals surface area (Å²) in [6.07, 6.45) is 5.79. The molecule has 3 rings (SSSR count). The predicted molar refractivity (Wildman–Crippen MR) is 109 cm³/mol. The average molecular weight is 377 g/mol. The van der Waals surface area contributed by atoms with Crippen LogP contribution >= 0.6 is 0 Å². The van der Waals surface area contributed by atoms with Crippen molar-refractivity contribution in [2.45, 2.75) is 6.42 Å². The fourth-order valence-corrected chi connectivity index (χ4v) is 2.99. The van der Waals surface area contributed by atoms with Gasteiger partial charge in [-0.05, 0) is 41.3 Å². The van der Waals surface area contributed by atoms with Crippen molar-refractivity contribution in [2.24, 2.45) is 0 Å². The second kappa shape index (κ2) is 9.55. The van der Waals surface area contributed by atoms with Crippen molar-refractivity contribution in [3.63, 3.8) is 0 Å². The number of ether oxygens (including phenoxy) is 2. The fourth-order valence-electron chi connectivity index (χ4n) is 2.99. The summed E-state index contributed by atoms with van der Waals surface area (Å²) in [5.74, 6) is -0.0288. The summed E-state index contributed by atoms with van der Waals surface area (Å²) in [5.41, 5.74) is 3.24. The number of benzene rings is 2. The minimum absolute atomic E-state index is 0.188. The molecule has 5 heteroatoms. The molecular weight excluding hydrogens is 354 g/mol. The van der Waals surface area contributed by atoms with Crippen LogP contribution in [0.2, 0.25) is 0 Å². The molecule has 28 heavy (non-hydrogen) atoms. The van der Waals surface area contributed by atoms with Crippen molar-refractivity contribution in [1.82, 2.24) is 4.90 Å². The number of carbonyl (C=O) groups is 2. The van der Waals surface area contributed by atoms with E-state index in [2.05, 4.69) is 18.2 Å². The Kier molecular flexibility index (Phi) is 6.63. The van der Waals surface area contributed by atoms with E-state index in [0.717, 1.165) is 12.0 Å². The average Bonchev–Trinajstić information content (AvgIpc) is 2.77. The molecule has 2 aromatic carbocycles. The van der Waals surface area contributed by atoms with Gasteiger partial charge in [0, 0.05) is 19.2 Å². The lowest BCUT2D eigenvalue weighted by molar-refractivity contribution is -0.147. The molecule has 0 aromatic heterocycles. The minimum atomic E-state index is -0.548. The number of hydrogen-bond acceptors (Lipinski definition) is 4. The molecule has 0 atom stereocenters. The maximum atomic E-state index is 12.3. The molecule has 0 spiro atoms. The monoisotopic (exact) mass is 377 g/mol. The minimum Gasteiger partial charge on any atom is -0.497 e. The van der Waals surface area contributed by atoms with Crippen LogP contribution in [0.25, 0.3) is 11.6 Å². The summed E-state index contributed by atoms with van der Waals surface area (Å²) in [5, 5.41) is 0. The molecule has 0 saturated heterocycles. The molecule has 0 fully saturated rings. The summed E-state index contributed by atoms with van der Waals surface area (Å²) in [6, 6.07) is 17.4. The lowest BCUT2D eigenvalue weighted by Gasteiger charge is -2.26. The summed E-state index contributed by atoms with van der Waals surface area (Å²) in [6.45, 7) is 0.896. The van der Waals surface area contributed by atoms with Gasteiger partial charge in [-0.15, -0.1) is 0 Å². The third-order valence-corrected chi connectivity index (χ3v) is 4.55. The Bertz CT molecular complexity index is 886. The molecule has 5 nitrogen and oxygen atoms in total. The summed E-state index contributed by atoms with van der Waals surface area (Å²) in [4.78, 5) is 25.9. The van der Waals surface area contributed by atoms with E-state index in [1.807, 2.05) is 36.4 Å². The van der Waals surface area contributed by atoms with Crippen molar-refractivity contribution in [1.29, 1.82) is 0 Å². The van der Waals surface area contributed by atoms with E-state index < -0.39 is 5.97 Å². The molecule has 0 bridgehead atoms. The predicted octanol–water partition coefficient (Wildman–Crippen LogP) is 3.57. The zero-order valence-corrected chi connectivity index (χ0v) is 15.8. The molecule has 1 amide bonds. The Balaban J connectivity index is 1.47. The summed E-state index contributed by atoms with van der Waals surface area (Å²) >= 11 is 0. The van der Waals surface area contributed by atoms with Crippen molar-refractivity contribution in [3.05, 3.63) is 77.9 Å². The van der Waals surface area contributed by atoms with Crippen LogP contribution in [0.5, 0.6) is 5.75 Å². The fraction of sp³-hybridized carbons (Fsp3) is 0.217. The number of esters is 1. The zero-order valence-electron chi connectivity index (χ0n) is 15.8. The second-order valence-electron chi connectivity index (χ2n) is 6.40. The number of hydrogen-bond donors (Lipinski definition) is 0. The van der Waals surface area contributed by atoms with Gasteiger partial charge in [-0.25, -0.2) is 4.79 Å². The second-order valence-corrected chi connectivity index (χ2v) is 6.40. The topological polar surface area (TPSA) is 55.8 Å². The van der Waals surface area contributed by atoms with Crippen molar-refractivity contribution >= 4 is 23.5 Å². The third kappa shape index (κ3) is 5.33. The molecular formula is C23H23NO4. The molecule has 2 aromatic rings. The molecule has 1 aliphatic rings. The van der Waals surface area contributed by atoms with E-state index in [1.54, 1.807) is 24.2 Å². The van der Waals surface area contributed by atoms with Gasteiger partial charge in [0.15, 0.2) is 6.61 Å². The SMILES string of the molecule is COc1cccc(/C=C/C(=O)OCC(=O)N2CC=C(c3ccccc3)CC2)c1. The van der Waals surface area contributed by atoms with Gasteiger partial charge in [0.2, 0.25) is 0 Å². The highest BCUT2D eigenvalue weighted by molar-refractivity contribution is 5.89. The Hall–Kier alpha value is -3.34. The molecule has 1 aliphatic heterocycles. The van der Waals surface area contributed by atoms with E-state index in [-0.39, 0.29) is 12.5 Å². The molecule has 144 valence electrons. The molecule has 0 saturated carbocycles. The largest absolute Gasteiger partial charge is 0.497 e. The first-order valence-electron chi connectivity index (χ1n) is 9.17. The summed E-state index contributed by atoms with van der Waals surface area (Å²) < 4.78 is 10.2. The first-order valence-corrected chi connectivity index (χ1v) is 9.17. The van der Waals surface area contributed by atoms with Crippen LogP contribution in [0.15, 0.2) is 66.7 Å². The first-order chi connectivity index (χ1) is 13.7. The number of methoxy groups -OCH3 is 1. The first kappa shape index (κ1) is 19.4. The van der Waals surface area contributed by atoms with E-state index in [1.165, 1.54) is 17.2 Å². The van der Waals surface area contributed by atoms with Gasteiger partial charge in [0.1, 0.15) is 5.75 Å². The van der Waals surface area contributed by atoms with Gasteiger partial charge >= 0.3 is 5.97 Å². The van der Waals surface area contributed by atoms with Crippen LogP contribution in [0.1, 0.15) is 17.5 Å². The van der Waals surface area contributed by atoms with Crippen LogP contribution in [-0.2, 0) is 14.3 Å². The Morgan fingerprint density at radius 2 is 1.93 bits per heavy atom. The standard InChI is InChI=1S/C23H23NO4/c1-27-21-9-5-6-18(16-21)10-11-23(26)28-17-22(25)24-14-12-20(13-15-24)19-7-3-2-4-8-19/h2-12,16H,13-15,17H2,1H3/b11-10+. The van der Waals surface area contributed by atoms with Gasteiger partial charge in [-0.1, -0.05) is 48.5 Å².